The Morgan fingerprint density at radius 3 is 2.56 bits per heavy atom. The predicted octanol–water partition coefficient (Wildman–Crippen LogP) is 1.20. The number of methoxy groups -OCH3 is 1. The van der Waals surface area contributed by atoms with Crippen molar-refractivity contribution in [2.24, 2.45) is 5.73 Å². The Kier molecular flexibility index (Phi) is 4.05. The van der Waals surface area contributed by atoms with E-state index < -0.39 is 0 Å². The molecule has 0 aliphatic heterocycles. The number of hydrogen-bond acceptors (Lipinski definition) is 3. The summed E-state index contributed by atoms with van der Waals surface area (Å²) in [6.45, 7) is 1.83. The van der Waals surface area contributed by atoms with Crippen LogP contribution < -0.4 is 5.73 Å². The second-order valence-corrected chi connectivity index (χ2v) is 3.61. The second-order valence-electron chi connectivity index (χ2n) is 3.61. The van der Waals surface area contributed by atoms with Gasteiger partial charge in [0, 0.05) is 6.42 Å². The summed E-state index contributed by atoms with van der Waals surface area (Å²) in [5.41, 5.74) is 7.44. The summed E-state index contributed by atoms with van der Waals surface area (Å²) in [5.74, 6) is -0.673. The van der Waals surface area contributed by atoms with Gasteiger partial charge in [-0.1, -0.05) is 12.1 Å². The van der Waals surface area contributed by atoms with Gasteiger partial charge in [-0.2, -0.15) is 0 Å². The highest BCUT2D eigenvalue weighted by atomic mass is 16.5. The van der Waals surface area contributed by atoms with E-state index in [0.29, 0.717) is 18.4 Å². The Labute approximate surface area is 94.4 Å². The number of nitrogens with two attached hydrogens (primary N) is 1. The molecule has 1 rings (SSSR count). The van der Waals surface area contributed by atoms with E-state index >= 15 is 0 Å². The van der Waals surface area contributed by atoms with Crippen molar-refractivity contribution in [3.05, 3.63) is 34.9 Å². The van der Waals surface area contributed by atoms with Crippen molar-refractivity contribution >= 4 is 11.9 Å². The third-order valence-corrected chi connectivity index (χ3v) is 2.36. The highest BCUT2D eigenvalue weighted by Crippen LogP contribution is 2.13. The molecule has 0 heterocycles. The fraction of sp³-hybridized carbons (Fsp3) is 0.333. The van der Waals surface area contributed by atoms with Crippen LogP contribution >= 0.6 is 0 Å². The minimum atomic E-state index is -0.348. The number of aryl methyl sites for hydroxylation is 2. The SMILES string of the molecule is COC(=O)c1ccc(CCC(N)=O)cc1C. The molecule has 0 spiro atoms. The van der Waals surface area contributed by atoms with Gasteiger partial charge in [0.2, 0.25) is 5.91 Å². The van der Waals surface area contributed by atoms with E-state index in [1.165, 1.54) is 7.11 Å². The van der Waals surface area contributed by atoms with E-state index in [0.717, 1.165) is 11.1 Å². The molecule has 0 saturated heterocycles. The number of carbonyl (C=O) groups excluding carboxylic acids is 2. The average molecular weight is 221 g/mol. The fourth-order valence-corrected chi connectivity index (χ4v) is 1.49. The molecule has 4 nitrogen and oxygen atoms in total. The number of primary amides is 1. The van der Waals surface area contributed by atoms with Gasteiger partial charge in [-0.15, -0.1) is 0 Å². The molecule has 0 saturated carbocycles. The van der Waals surface area contributed by atoms with E-state index in [4.69, 9.17) is 5.73 Å². The molecular weight excluding hydrogens is 206 g/mol. The van der Waals surface area contributed by atoms with Gasteiger partial charge >= 0.3 is 5.97 Å². The van der Waals surface area contributed by atoms with Gasteiger partial charge in [0.15, 0.2) is 0 Å². The molecule has 0 fully saturated rings. The van der Waals surface area contributed by atoms with Crippen LogP contribution in [0.5, 0.6) is 0 Å². The first kappa shape index (κ1) is 12.2. The van der Waals surface area contributed by atoms with Crippen molar-refractivity contribution in [1.29, 1.82) is 0 Å². The molecule has 0 radical (unpaired) electrons. The van der Waals surface area contributed by atoms with Gasteiger partial charge in [0.05, 0.1) is 12.7 Å². The van der Waals surface area contributed by atoms with Crippen molar-refractivity contribution in [2.45, 2.75) is 19.8 Å². The van der Waals surface area contributed by atoms with E-state index in [1.54, 1.807) is 6.07 Å². The molecule has 0 bridgehead atoms. The maximum absolute atomic E-state index is 11.3. The highest BCUT2D eigenvalue weighted by molar-refractivity contribution is 5.91. The molecule has 1 aromatic rings. The largest absolute Gasteiger partial charge is 0.465 e. The first-order valence-corrected chi connectivity index (χ1v) is 5.00. The third kappa shape index (κ3) is 3.08. The van der Waals surface area contributed by atoms with Crippen molar-refractivity contribution in [3.63, 3.8) is 0 Å². The first-order chi connectivity index (χ1) is 7.54. The molecule has 0 unspecified atom stereocenters. The Hall–Kier alpha value is -1.84. The molecule has 0 aliphatic rings. The average Bonchev–Trinajstić information content (AvgIpc) is 2.25. The summed E-state index contributed by atoms with van der Waals surface area (Å²) < 4.78 is 4.64. The van der Waals surface area contributed by atoms with Crippen LogP contribution in [0.25, 0.3) is 0 Å². The van der Waals surface area contributed by atoms with Crippen molar-refractivity contribution < 1.29 is 14.3 Å². The molecule has 2 N–H and O–H groups in total. The maximum Gasteiger partial charge on any atom is 0.338 e. The molecule has 0 aromatic heterocycles. The standard InChI is InChI=1S/C12H15NO3/c1-8-7-9(4-6-11(13)14)3-5-10(8)12(15)16-2/h3,5,7H,4,6H2,1-2H3,(H2,13,14). The van der Waals surface area contributed by atoms with Crippen LogP contribution in [-0.4, -0.2) is 19.0 Å². The van der Waals surface area contributed by atoms with Gasteiger partial charge < -0.3 is 10.5 Å². The quantitative estimate of drug-likeness (QED) is 0.777. The molecule has 0 aliphatic carbocycles. The summed E-state index contributed by atoms with van der Waals surface area (Å²) in [4.78, 5) is 21.9. The van der Waals surface area contributed by atoms with E-state index in [1.807, 2.05) is 19.1 Å². The fourth-order valence-electron chi connectivity index (χ4n) is 1.49. The van der Waals surface area contributed by atoms with Crippen LogP contribution in [0.2, 0.25) is 0 Å². The first-order valence-electron chi connectivity index (χ1n) is 5.00. The number of carbonyl (C=O) groups is 2. The topological polar surface area (TPSA) is 69.4 Å². The summed E-state index contributed by atoms with van der Waals surface area (Å²) in [5, 5.41) is 0. The normalized spacial score (nSPS) is 9.88. The summed E-state index contributed by atoms with van der Waals surface area (Å²) in [7, 11) is 1.35. The van der Waals surface area contributed by atoms with Crippen molar-refractivity contribution in [1.82, 2.24) is 0 Å². The lowest BCUT2D eigenvalue weighted by Crippen LogP contribution is -2.11. The van der Waals surface area contributed by atoms with E-state index in [-0.39, 0.29) is 11.9 Å². The number of ether oxygens (including phenoxy) is 1. The Balaban J connectivity index is 2.82. The summed E-state index contributed by atoms with van der Waals surface area (Å²) >= 11 is 0. The molecule has 4 heteroatoms. The van der Waals surface area contributed by atoms with Crippen LogP contribution in [-0.2, 0) is 16.0 Å². The third-order valence-electron chi connectivity index (χ3n) is 2.36. The maximum atomic E-state index is 11.3. The van der Waals surface area contributed by atoms with E-state index in [2.05, 4.69) is 4.74 Å². The monoisotopic (exact) mass is 221 g/mol. The zero-order valence-corrected chi connectivity index (χ0v) is 9.45. The van der Waals surface area contributed by atoms with E-state index in [9.17, 15) is 9.59 Å². The van der Waals surface area contributed by atoms with Crippen LogP contribution in [0.3, 0.4) is 0 Å². The van der Waals surface area contributed by atoms with Crippen LogP contribution in [0.4, 0.5) is 0 Å². The van der Waals surface area contributed by atoms with Crippen LogP contribution in [0.1, 0.15) is 27.9 Å². The molecule has 16 heavy (non-hydrogen) atoms. The number of hydrogen-bond donors (Lipinski definition) is 1. The van der Waals surface area contributed by atoms with Gasteiger partial charge in [-0.25, -0.2) is 4.79 Å². The predicted molar refractivity (Wildman–Crippen MR) is 60.0 cm³/mol. The molecule has 86 valence electrons. The highest BCUT2D eigenvalue weighted by Gasteiger charge is 2.09. The minimum absolute atomic E-state index is 0.316. The van der Waals surface area contributed by atoms with Gasteiger partial charge in [-0.3, -0.25) is 4.79 Å². The number of amides is 1. The van der Waals surface area contributed by atoms with Gasteiger partial charge in [-0.05, 0) is 30.5 Å². The summed E-state index contributed by atoms with van der Waals surface area (Å²) in [6, 6.07) is 5.38. The Bertz CT molecular complexity index is 413. The molecular formula is C12H15NO3. The zero-order valence-electron chi connectivity index (χ0n) is 9.45. The molecule has 1 amide bonds. The van der Waals surface area contributed by atoms with Gasteiger partial charge in [0.1, 0.15) is 0 Å². The number of esters is 1. The number of rotatable bonds is 4. The lowest BCUT2D eigenvalue weighted by molar-refractivity contribution is -0.117. The lowest BCUT2D eigenvalue weighted by Gasteiger charge is -2.06. The van der Waals surface area contributed by atoms with Crippen molar-refractivity contribution in [2.75, 3.05) is 7.11 Å². The Morgan fingerprint density at radius 2 is 2.06 bits per heavy atom. The minimum Gasteiger partial charge on any atom is -0.465 e. The van der Waals surface area contributed by atoms with Crippen LogP contribution in [0.15, 0.2) is 18.2 Å². The molecule has 0 atom stereocenters. The number of benzene rings is 1. The van der Waals surface area contributed by atoms with Crippen molar-refractivity contribution in [3.8, 4) is 0 Å². The molecule has 1 aromatic carbocycles. The van der Waals surface area contributed by atoms with Gasteiger partial charge in [0.25, 0.3) is 0 Å². The Morgan fingerprint density at radius 1 is 1.38 bits per heavy atom. The zero-order chi connectivity index (χ0) is 12.1. The second kappa shape index (κ2) is 5.30. The summed E-state index contributed by atoms with van der Waals surface area (Å²) in [6.07, 6.45) is 0.911. The van der Waals surface area contributed by atoms with Crippen LogP contribution in [0, 0.1) is 6.92 Å². The lowest BCUT2D eigenvalue weighted by atomic mass is 10.0. The smallest absolute Gasteiger partial charge is 0.338 e.